The summed E-state index contributed by atoms with van der Waals surface area (Å²) in [5.74, 6) is 1.85. The minimum Gasteiger partial charge on any atom is -0.456 e. The van der Waals surface area contributed by atoms with Gasteiger partial charge in [-0.3, -0.25) is 0 Å². The summed E-state index contributed by atoms with van der Waals surface area (Å²) in [4.78, 5) is 15.4. The molecule has 5 heteroatoms. The van der Waals surface area contributed by atoms with Gasteiger partial charge in [-0.15, -0.1) is 0 Å². The molecule has 0 aliphatic carbocycles. The Morgan fingerprint density at radius 2 is 0.964 bits per heavy atom. The van der Waals surface area contributed by atoms with Crippen LogP contribution in [0.25, 0.3) is 116 Å². The number of rotatable bonds is 4. The smallest absolute Gasteiger partial charge is 0.165 e. The summed E-state index contributed by atoms with van der Waals surface area (Å²) >= 11 is 0. The molecule has 9 aromatic carbocycles. The van der Waals surface area contributed by atoms with E-state index in [-0.39, 0.29) is 0 Å². The van der Waals surface area contributed by atoms with Gasteiger partial charge in [-0.05, 0) is 68.7 Å². The Labute approximate surface area is 320 Å². The lowest BCUT2D eigenvalue weighted by molar-refractivity contribution is 0.669. The third kappa shape index (κ3) is 4.64. The summed E-state index contributed by atoms with van der Waals surface area (Å²) in [5.41, 5.74) is 7.71. The third-order valence-corrected chi connectivity index (χ3v) is 11.2. The second kappa shape index (κ2) is 11.9. The molecule has 3 aromatic heterocycles. The molecule has 12 aromatic rings. The summed E-state index contributed by atoms with van der Waals surface area (Å²) in [6.45, 7) is 0. The number of hydrogen-bond donors (Lipinski definition) is 0. The number of nitrogens with zero attached hydrogens (tertiary/aromatic N) is 4. The number of aromatic nitrogens is 4. The van der Waals surface area contributed by atoms with Crippen LogP contribution in [0.15, 0.2) is 186 Å². The van der Waals surface area contributed by atoms with Crippen molar-refractivity contribution in [3.05, 3.63) is 182 Å². The van der Waals surface area contributed by atoms with Crippen LogP contribution >= 0.6 is 0 Å². The van der Waals surface area contributed by atoms with Gasteiger partial charge in [0.1, 0.15) is 11.2 Å². The molecule has 0 radical (unpaired) electrons. The molecule has 0 N–H and O–H groups in total. The van der Waals surface area contributed by atoms with Crippen LogP contribution in [0.1, 0.15) is 0 Å². The van der Waals surface area contributed by atoms with Gasteiger partial charge in [-0.25, -0.2) is 15.0 Å². The molecule has 0 fully saturated rings. The average Bonchev–Trinajstić information content (AvgIpc) is 3.79. The van der Waals surface area contributed by atoms with Crippen LogP contribution in [0.2, 0.25) is 0 Å². The highest BCUT2D eigenvalue weighted by Crippen LogP contribution is 2.44. The molecule has 5 nitrogen and oxygen atoms in total. The monoisotopic (exact) mass is 714 g/mol. The van der Waals surface area contributed by atoms with Crippen LogP contribution in [0.5, 0.6) is 0 Å². The zero-order valence-corrected chi connectivity index (χ0v) is 30.0. The van der Waals surface area contributed by atoms with Crippen molar-refractivity contribution in [2.45, 2.75) is 0 Å². The van der Waals surface area contributed by atoms with E-state index in [0.717, 1.165) is 66.1 Å². The fourth-order valence-corrected chi connectivity index (χ4v) is 8.63. The van der Waals surface area contributed by atoms with Crippen molar-refractivity contribution in [3.8, 4) is 39.9 Å². The minimum absolute atomic E-state index is 0.604. The van der Waals surface area contributed by atoms with Gasteiger partial charge in [-0.1, -0.05) is 140 Å². The fraction of sp³-hybridized carbons (Fsp3) is 0. The van der Waals surface area contributed by atoms with E-state index in [0.29, 0.717) is 17.5 Å². The Morgan fingerprint density at radius 3 is 1.70 bits per heavy atom. The predicted molar refractivity (Wildman–Crippen MR) is 230 cm³/mol. The normalized spacial score (nSPS) is 11.9. The third-order valence-electron chi connectivity index (χ3n) is 11.2. The highest BCUT2D eigenvalue weighted by Gasteiger charge is 2.22. The van der Waals surface area contributed by atoms with Gasteiger partial charge >= 0.3 is 0 Å². The fourth-order valence-electron chi connectivity index (χ4n) is 8.63. The van der Waals surface area contributed by atoms with Crippen LogP contribution in [-0.4, -0.2) is 19.5 Å². The van der Waals surface area contributed by atoms with E-state index in [9.17, 15) is 0 Å². The minimum atomic E-state index is 0.604. The van der Waals surface area contributed by atoms with E-state index < -0.39 is 0 Å². The molecule has 0 aliphatic heterocycles. The van der Waals surface area contributed by atoms with Crippen LogP contribution in [0.3, 0.4) is 0 Å². The molecule has 3 heterocycles. The molecule has 0 atom stereocenters. The van der Waals surface area contributed by atoms with Crippen molar-refractivity contribution < 1.29 is 4.42 Å². The first-order valence-electron chi connectivity index (χ1n) is 18.9. The predicted octanol–water partition coefficient (Wildman–Crippen LogP) is 13.3. The lowest BCUT2D eigenvalue weighted by atomic mass is 9.97. The Bertz CT molecular complexity index is 3470. The van der Waals surface area contributed by atoms with Crippen molar-refractivity contribution in [1.29, 1.82) is 0 Å². The van der Waals surface area contributed by atoms with Gasteiger partial charge < -0.3 is 8.98 Å². The second-order valence-electron chi connectivity index (χ2n) is 14.4. The van der Waals surface area contributed by atoms with Crippen molar-refractivity contribution >= 4 is 76.1 Å². The summed E-state index contributed by atoms with van der Waals surface area (Å²) in [7, 11) is 0. The molecule has 0 unspecified atom stereocenters. The van der Waals surface area contributed by atoms with Gasteiger partial charge in [0, 0.05) is 50.0 Å². The second-order valence-corrected chi connectivity index (χ2v) is 14.4. The van der Waals surface area contributed by atoms with E-state index in [1.54, 1.807) is 0 Å². The summed E-state index contributed by atoms with van der Waals surface area (Å²) in [5, 5.41) is 11.5. The highest BCUT2D eigenvalue weighted by atomic mass is 16.3. The molecular formula is C51H30N4O. The SMILES string of the molecule is c1ccc(-c2nc(-c3ccccc3)nc(-c3c4ccccc4cc4oc5cc(-n6c7cc8ccccc8cc7c7c8ccccc8ccc76)ccc5c34)n2)cc1. The Kier molecular flexibility index (Phi) is 6.56. The maximum atomic E-state index is 6.87. The van der Waals surface area contributed by atoms with Crippen molar-refractivity contribution in [2.75, 3.05) is 0 Å². The molecule has 0 bridgehead atoms. The zero-order chi connectivity index (χ0) is 36.7. The quantitative estimate of drug-likeness (QED) is 0.182. The van der Waals surface area contributed by atoms with E-state index in [1.165, 1.54) is 32.3 Å². The van der Waals surface area contributed by atoms with Crippen molar-refractivity contribution in [1.82, 2.24) is 19.5 Å². The van der Waals surface area contributed by atoms with E-state index in [2.05, 4.69) is 126 Å². The van der Waals surface area contributed by atoms with E-state index in [4.69, 9.17) is 19.4 Å². The van der Waals surface area contributed by atoms with Crippen LogP contribution < -0.4 is 0 Å². The molecule has 56 heavy (non-hydrogen) atoms. The summed E-state index contributed by atoms with van der Waals surface area (Å²) < 4.78 is 9.26. The molecule has 0 amide bonds. The molecule has 260 valence electrons. The lowest BCUT2D eigenvalue weighted by Gasteiger charge is -2.12. The Morgan fingerprint density at radius 1 is 0.357 bits per heavy atom. The largest absolute Gasteiger partial charge is 0.456 e. The first-order valence-corrected chi connectivity index (χ1v) is 18.9. The molecular weight excluding hydrogens is 685 g/mol. The Balaban J connectivity index is 1.14. The van der Waals surface area contributed by atoms with Gasteiger partial charge in [0.05, 0.1) is 11.0 Å². The van der Waals surface area contributed by atoms with Crippen molar-refractivity contribution in [3.63, 3.8) is 0 Å². The number of benzene rings is 9. The van der Waals surface area contributed by atoms with Crippen LogP contribution in [0.4, 0.5) is 0 Å². The maximum Gasteiger partial charge on any atom is 0.165 e. The van der Waals surface area contributed by atoms with E-state index >= 15 is 0 Å². The molecule has 0 saturated heterocycles. The average molecular weight is 715 g/mol. The zero-order valence-electron chi connectivity index (χ0n) is 30.0. The number of furan rings is 1. The van der Waals surface area contributed by atoms with Crippen LogP contribution in [-0.2, 0) is 0 Å². The molecule has 0 saturated carbocycles. The highest BCUT2D eigenvalue weighted by molar-refractivity contribution is 6.24. The summed E-state index contributed by atoms with van der Waals surface area (Å²) in [6.07, 6.45) is 0. The first-order chi connectivity index (χ1) is 27.7. The lowest BCUT2D eigenvalue weighted by Crippen LogP contribution is -2.01. The molecule has 0 aliphatic rings. The van der Waals surface area contributed by atoms with Gasteiger partial charge in [-0.2, -0.15) is 0 Å². The summed E-state index contributed by atoms with van der Waals surface area (Å²) in [6, 6.07) is 63.8. The van der Waals surface area contributed by atoms with E-state index in [1.807, 2.05) is 60.7 Å². The van der Waals surface area contributed by atoms with Crippen molar-refractivity contribution in [2.24, 2.45) is 0 Å². The van der Waals surface area contributed by atoms with Gasteiger partial charge in [0.15, 0.2) is 17.5 Å². The number of fused-ring (bicyclic) bond motifs is 10. The standard InChI is InChI=1S/C51H30N4O/c1-3-14-32(15-4-1)49-52-50(33-16-5-2-6-17-33)54-51(53-49)48-39-22-12-10-20-36(39)29-45-47(48)40-25-24-37(30-44(40)56-45)55-42-26-23-31-13-9-11-21-38(31)46(42)41-27-34-18-7-8-19-35(34)28-43(41)55/h1-30H. The van der Waals surface area contributed by atoms with Gasteiger partial charge in [0.25, 0.3) is 0 Å². The maximum absolute atomic E-state index is 6.87. The molecule has 0 spiro atoms. The first kappa shape index (κ1) is 30.8. The Hall–Kier alpha value is -7.63. The molecule has 12 rings (SSSR count). The van der Waals surface area contributed by atoms with Gasteiger partial charge in [0.2, 0.25) is 0 Å². The topological polar surface area (TPSA) is 56.7 Å². The van der Waals surface area contributed by atoms with Crippen LogP contribution in [0, 0.1) is 0 Å². The number of hydrogen-bond acceptors (Lipinski definition) is 4.